The van der Waals surface area contributed by atoms with Crippen LogP contribution in [0.5, 0.6) is 5.75 Å². The predicted octanol–water partition coefficient (Wildman–Crippen LogP) is 2.92. The van der Waals surface area contributed by atoms with Crippen LogP contribution in [0.1, 0.15) is 57.7 Å². The summed E-state index contributed by atoms with van der Waals surface area (Å²) in [6.45, 7) is 4.97. The van der Waals surface area contributed by atoms with E-state index >= 15 is 0 Å². The van der Waals surface area contributed by atoms with Crippen LogP contribution in [0, 0.1) is 5.41 Å². The second-order valence-electron chi connectivity index (χ2n) is 5.24. The Morgan fingerprint density at radius 3 is 2.61 bits per heavy atom. The van der Waals surface area contributed by atoms with Gasteiger partial charge in [0.1, 0.15) is 11.8 Å². The molecule has 1 aliphatic rings. The average Bonchev–Trinajstić information content (AvgIpc) is 3.04. The van der Waals surface area contributed by atoms with E-state index in [1.54, 1.807) is 13.3 Å². The van der Waals surface area contributed by atoms with Gasteiger partial charge in [-0.15, -0.1) is 0 Å². The van der Waals surface area contributed by atoms with Crippen LogP contribution in [-0.4, -0.2) is 22.0 Å². The second-order valence-corrected chi connectivity index (χ2v) is 5.24. The molecule has 1 unspecified atom stereocenters. The molecule has 0 aliphatic heterocycles. The van der Waals surface area contributed by atoms with Crippen LogP contribution in [0.25, 0.3) is 0 Å². The van der Waals surface area contributed by atoms with Crippen LogP contribution < -0.4 is 4.74 Å². The SMILES string of the molecule is CCn1ncc(OC)c1C(O)C1(CC)CCCC1. The van der Waals surface area contributed by atoms with E-state index in [0.717, 1.165) is 31.5 Å². The smallest absolute Gasteiger partial charge is 0.162 e. The molecular weight excluding hydrogens is 228 g/mol. The van der Waals surface area contributed by atoms with E-state index in [-0.39, 0.29) is 5.41 Å². The molecule has 1 heterocycles. The number of hydrogen-bond donors (Lipinski definition) is 1. The Hall–Kier alpha value is -1.03. The van der Waals surface area contributed by atoms with E-state index in [0.29, 0.717) is 5.75 Å². The lowest BCUT2D eigenvalue weighted by atomic mass is 9.76. The number of ether oxygens (including phenoxy) is 1. The first-order valence-corrected chi connectivity index (χ1v) is 6.96. The standard InChI is InChI=1S/C14H24N2O2/c1-4-14(8-6-7-9-14)13(17)12-11(18-3)10-15-16(12)5-2/h10,13,17H,4-9H2,1-3H3. The van der Waals surface area contributed by atoms with Crippen molar-refractivity contribution >= 4 is 0 Å². The predicted molar refractivity (Wildman–Crippen MR) is 70.6 cm³/mol. The molecule has 1 atom stereocenters. The summed E-state index contributed by atoms with van der Waals surface area (Å²) in [7, 11) is 1.64. The number of nitrogens with zero attached hydrogens (tertiary/aromatic N) is 2. The van der Waals surface area contributed by atoms with E-state index in [1.807, 2.05) is 11.6 Å². The molecule has 1 N–H and O–H groups in total. The average molecular weight is 252 g/mol. The topological polar surface area (TPSA) is 47.3 Å². The van der Waals surface area contributed by atoms with Gasteiger partial charge in [-0.3, -0.25) is 4.68 Å². The van der Waals surface area contributed by atoms with Crippen LogP contribution in [-0.2, 0) is 6.54 Å². The molecule has 0 bridgehead atoms. The van der Waals surface area contributed by atoms with E-state index in [1.165, 1.54) is 12.8 Å². The van der Waals surface area contributed by atoms with Crippen LogP contribution in [0.15, 0.2) is 6.20 Å². The van der Waals surface area contributed by atoms with Crippen molar-refractivity contribution in [3.63, 3.8) is 0 Å². The van der Waals surface area contributed by atoms with Gasteiger partial charge in [0, 0.05) is 12.0 Å². The van der Waals surface area contributed by atoms with Crippen LogP contribution in [0.2, 0.25) is 0 Å². The maximum absolute atomic E-state index is 10.8. The monoisotopic (exact) mass is 252 g/mol. The van der Waals surface area contributed by atoms with E-state index in [4.69, 9.17) is 4.74 Å². The summed E-state index contributed by atoms with van der Waals surface area (Å²) in [4.78, 5) is 0. The molecule has 1 fully saturated rings. The molecule has 1 aromatic heterocycles. The van der Waals surface area contributed by atoms with Gasteiger partial charge in [-0.05, 0) is 26.2 Å². The Bertz CT molecular complexity index is 373. The Morgan fingerprint density at radius 1 is 1.44 bits per heavy atom. The fourth-order valence-corrected chi connectivity index (χ4v) is 3.25. The maximum atomic E-state index is 10.8. The number of methoxy groups -OCH3 is 1. The maximum Gasteiger partial charge on any atom is 0.162 e. The summed E-state index contributed by atoms with van der Waals surface area (Å²) in [5.41, 5.74) is 0.865. The summed E-state index contributed by atoms with van der Waals surface area (Å²) in [6, 6.07) is 0. The van der Waals surface area contributed by atoms with Crippen molar-refractivity contribution in [1.29, 1.82) is 0 Å². The zero-order valence-corrected chi connectivity index (χ0v) is 11.6. The highest BCUT2D eigenvalue weighted by molar-refractivity contribution is 5.29. The largest absolute Gasteiger partial charge is 0.493 e. The first kappa shape index (κ1) is 13.4. The zero-order chi connectivity index (χ0) is 13.2. The van der Waals surface area contributed by atoms with Crippen molar-refractivity contribution in [2.75, 3.05) is 7.11 Å². The van der Waals surface area contributed by atoms with Crippen molar-refractivity contribution in [3.8, 4) is 5.75 Å². The van der Waals surface area contributed by atoms with Gasteiger partial charge >= 0.3 is 0 Å². The van der Waals surface area contributed by atoms with Crippen LogP contribution >= 0.6 is 0 Å². The summed E-state index contributed by atoms with van der Waals surface area (Å²) < 4.78 is 7.22. The molecule has 1 aliphatic carbocycles. The van der Waals surface area contributed by atoms with Crippen molar-refractivity contribution in [1.82, 2.24) is 9.78 Å². The molecule has 2 rings (SSSR count). The van der Waals surface area contributed by atoms with E-state index in [9.17, 15) is 5.11 Å². The Labute approximate surface area is 109 Å². The summed E-state index contributed by atoms with van der Waals surface area (Å²) in [5, 5.41) is 15.1. The van der Waals surface area contributed by atoms with Crippen molar-refractivity contribution < 1.29 is 9.84 Å². The molecule has 0 spiro atoms. The molecule has 1 saturated carbocycles. The molecule has 4 heteroatoms. The fraction of sp³-hybridized carbons (Fsp3) is 0.786. The zero-order valence-electron chi connectivity index (χ0n) is 11.6. The number of aliphatic hydroxyl groups is 1. The summed E-state index contributed by atoms with van der Waals surface area (Å²) in [5.74, 6) is 0.712. The van der Waals surface area contributed by atoms with Gasteiger partial charge in [-0.2, -0.15) is 5.10 Å². The van der Waals surface area contributed by atoms with Gasteiger partial charge in [0.15, 0.2) is 5.75 Å². The molecule has 0 aromatic carbocycles. The highest BCUT2D eigenvalue weighted by atomic mass is 16.5. The minimum atomic E-state index is -0.470. The second kappa shape index (κ2) is 5.31. The summed E-state index contributed by atoms with van der Waals surface area (Å²) >= 11 is 0. The number of rotatable bonds is 5. The molecule has 102 valence electrons. The number of aliphatic hydroxyl groups excluding tert-OH is 1. The number of aryl methyl sites for hydroxylation is 1. The van der Waals surface area contributed by atoms with Gasteiger partial charge in [-0.1, -0.05) is 19.8 Å². The normalized spacial score (nSPS) is 20.0. The third-order valence-corrected chi connectivity index (χ3v) is 4.51. The number of hydrogen-bond acceptors (Lipinski definition) is 3. The molecule has 18 heavy (non-hydrogen) atoms. The first-order valence-electron chi connectivity index (χ1n) is 6.96. The van der Waals surface area contributed by atoms with Crippen LogP contribution in [0.4, 0.5) is 0 Å². The lowest BCUT2D eigenvalue weighted by Gasteiger charge is -2.33. The van der Waals surface area contributed by atoms with Gasteiger partial charge in [0.2, 0.25) is 0 Å². The molecule has 0 radical (unpaired) electrons. The third-order valence-electron chi connectivity index (χ3n) is 4.51. The fourth-order valence-electron chi connectivity index (χ4n) is 3.25. The molecule has 4 nitrogen and oxygen atoms in total. The lowest BCUT2D eigenvalue weighted by molar-refractivity contribution is 0.0154. The van der Waals surface area contributed by atoms with E-state index < -0.39 is 6.10 Å². The molecule has 0 amide bonds. The molecule has 0 saturated heterocycles. The van der Waals surface area contributed by atoms with Gasteiger partial charge in [0.05, 0.1) is 13.3 Å². The first-order chi connectivity index (χ1) is 8.68. The minimum Gasteiger partial charge on any atom is -0.493 e. The van der Waals surface area contributed by atoms with Gasteiger partial charge in [-0.25, -0.2) is 0 Å². The highest BCUT2D eigenvalue weighted by Crippen LogP contribution is 2.51. The Morgan fingerprint density at radius 2 is 2.11 bits per heavy atom. The molecular formula is C14H24N2O2. The third kappa shape index (κ3) is 2.03. The van der Waals surface area contributed by atoms with E-state index in [2.05, 4.69) is 12.0 Å². The van der Waals surface area contributed by atoms with Crippen molar-refractivity contribution in [3.05, 3.63) is 11.9 Å². The molecule has 1 aromatic rings. The lowest BCUT2D eigenvalue weighted by Crippen LogP contribution is -2.27. The van der Waals surface area contributed by atoms with Crippen molar-refractivity contribution in [2.45, 2.75) is 58.6 Å². The Kier molecular flexibility index (Phi) is 3.95. The van der Waals surface area contributed by atoms with Crippen molar-refractivity contribution in [2.24, 2.45) is 5.41 Å². The van der Waals surface area contributed by atoms with Crippen LogP contribution in [0.3, 0.4) is 0 Å². The quantitative estimate of drug-likeness (QED) is 0.876. The van der Waals surface area contributed by atoms with Gasteiger partial charge in [0.25, 0.3) is 0 Å². The van der Waals surface area contributed by atoms with Gasteiger partial charge < -0.3 is 9.84 Å². The minimum absolute atomic E-state index is 0.0141. The summed E-state index contributed by atoms with van der Waals surface area (Å²) in [6.07, 6.45) is 6.88. The number of aromatic nitrogens is 2. The highest BCUT2D eigenvalue weighted by Gasteiger charge is 2.42. The Balaban J connectivity index is 2.37.